The molecule has 0 bridgehead atoms. The van der Waals surface area contributed by atoms with Crippen molar-refractivity contribution in [2.45, 2.75) is 50.7 Å². The highest BCUT2D eigenvalue weighted by Crippen LogP contribution is 2.33. The maximum absolute atomic E-state index is 9.82. The maximum Gasteiger partial charge on any atom is 0.0518 e. The zero-order valence-electron chi connectivity index (χ0n) is 13.2. The van der Waals surface area contributed by atoms with Crippen molar-refractivity contribution >= 4 is 11.3 Å². The summed E-state index contributed by atoms with van der Waals surface area (Å²) in [5, 5.41) is 15.8. The molecule has 1 aromatic carbocycles. The summed E-state index contributed by atoms with van der Waals surface area (Å²) < 4.78 is 0. The molecule has 0 aliphatic heterocycles. The van der Waals surface area contributed by atoms with Crippen LogP contribution in [0.4, 0.5) is 0 Å². The molecule has 3 heteroatoms. The zero-order chi connectivity index (χ0) is 15.4. The molecule has 0 saturated heterocycles. The standard InChI is InChI=1S/C19H25NOS/c1-14(21)12-16(15-6-3-2-4-7-15)13-20-18-8-5-9-19-17(18)10-11-22-19/h2-4,6-7,10-11,14,16,18,20-21H,5,8-9,12-13H2,1H3. The van der Waals surface area contributed by atoms with Crippen molar-refractivity contribution in [3.63, 3.8) is 0 Å². The number of aliphatic hydroxyl groups is 1. The molecular weight excluding hydrogens is 290 g/mol. The molecule has 2 aromatic rings. The van der Waals surface area contributed by atoms with E-state index in [2.05, 4.69) is 47.1 Å². The lowest BCUT2D eigenvalue weighted by molar-refractivity contribution is 0.172. The summed E-state index contributed by atoms with van der Waals surface area (Å²) in [6.45, 7) is 2.81. The first-order valence-corrected chi connectivity index (χ1v) is 9.14. The fourth-order valence-corrected chi connectivity index (χ4v) is 4.44. The van der Waals surface area contributed by atoms with Gasteiger partial charge in [-0.1, -0.05) is 30.3 Å². The molecular formula is C19H25NOS. The summed E-state index contributed by atoms with van der Waals surface area (Å²) in [5.74, 6) is 0.366. The van der Waals surface area contributed by atoms with Crippen molar-refractivity contribution in [1.29, 1.82) is 0 Å². The lowest BCUT2D eigenvalue weighted by Crippen LogP contribution is -2.29. The lowest BCUT2D eigenvalue weighted by atomic mass is 9.90. The number of hydrogen-bond donors (Lipinski definition) is 2. The third kappa shape index (κ3) is 3.78. The summed E-state index contributed by atoms with van der Waals surface area (Å²) in [4.78, 5) is 1.55. The van der Waals surface area contributed by atoms with E-state index in [0.29, 0.717) is 12.0 Å². The van der Waals surface area contributed by atoms with E-state index in [9.17, 15) is 5.11 Å². The van der Waals surface area contributed by atoms with Gasteiger partial charge in [-0.3, -0.25) is 0 Å². The first kappa shape index (κ1) is 15.7. The fourth-order valence-electron chi connectivity index (χ4n) is 3.46. The molecule has 1 aromatic heterocycles. The van der Waals surface area contributed by atoms with E-state index in [1.165, 1.54) is 30.4 Å². The van der Waals surface area contributed by atoms with Crippen molar-refractivity contribution in [3.8, 4) is 0 Å². The second kappa shape index (κ2) is 7.40. The first-order chi connectivity index (χ1) is 10.7. The molecule has 0 fully saturated rings. The highest BCUT2D eigenvalue weighted by atomic mass is 32.1. The fraction of sp³-hybridized carbons (Fsp3) is 0.474. The normalized spacial score (nSPS) is 20.4. The number of nitrogens with one attached hydrogen (secondary N) is 1. The molecule has 3 atom stereocenters. The molecule has 0 spiro atoms. The summed E-state index contributed by atoms with van der Waals surface area (Å²) in [7, 11) is 0. The van der Waals surface area contributed by atoms with Gasteiger partial charge in [0.25, 0.3) is 0 Å². The molecule has 2 nitrogen and oxygen atoms in total. The van der Waals surface area contributed by atoms with Gasteiger partial charge >= 0.3 is 0 Å². The van der Waals surface area contributed by atoms with Crippen LogP contribution in [0.5, 0.6) is 0 Å². The minimum atomic E-state index is -0.268. The van der Waals surface area contributed by atoms with Crippen LogP contribution in [-0.4, -0.2) is 17.8 Å². The van der Waals surface area contributed by atoms with E-state index in [-0.39, 0.29) is 6.10 Å². The molecule has 1 aliphatic carbocycles. The van der Waals surface area contributed by atoms with Gasteiger partial charge in [0.05, 0.1) is 6.10 Å². The van der Waals surface area contributed by atoms with Crippen molar-refractivity contribution < 1.29 is 5.11 Å². The highest BCUT2D eigenvalue weighted by Gasteiger charge is 2.22. The number of aryl methyl sites for hydroxylation is 1. The van der Waals surface area contributed by atoms with E-state index < -0.39 is 0 Å². The van der Waals surface area contributed by atoms with Gasteiger partial charge in [-0.2, -0.15) is 0 Å². The van der Waals surface area contributed by atoms with Crippen molar-refractivity contribution in [3.05, 3.63) is 57.8 Å². The predicted molar refractivity (Wildman–Crippen MR) is 93.5 cm³/mol. The van der Waals surface area contributed by atoms with Gasteiger partial charge in [-0.25, -0.2) is 0 Å². The Morgan fingerprint density at radius 3 is 2.86 bits per heavy atom. The smallest absolute Gasteiger partial charge is 0.0518 e. The number of aliphatic hydroxyl groups excluding tert-OH is 1. The molecule has 2 N–H and O–H groups in total. The van der Waals surface area contributed by atoms with E-state index in [1.807, 2.05) is 18.3 Å². The van der Waals surface area contributed by atoms with Crippen LogP contribution >= 0.6 is 11.3 Å². The third-order valence-corrected chi connectivity index (χ3v) is 5.56. The average molecular weight is 315 g/mol. The predicted octanol–water partition coefficient (Wildman–Crippen LogP) is 4.27. The van der Waals surface area contributed by atoms with E-state index in [4.69, 9.17) is 0 Å². The number of rotatable bonds is 6. The number of benzene rings is 1. The van der Waals surface area contributed by atoms with Crippen LogP contribution in [0.25, 0.3) is 0 Å². The van der Waals surface area contributed by atoms with Gasteiger partial charge in [0.15, 0.2) is 0 Å². The van der Waals surface area contributed by atoms with E-state index >= 15 is 0 Å². The van der Waals surface area contributed by atoms with Crippen LogP contribution in [0.3, 0.4) is 0 Å². The molecule has 3 rings (SSSR count). The molecule has 118 valence electrons. The second-order valence-corrected chi connectivity index (χ2v) is 7.35. The van der Waals surface area contributed by atoms with Crippen LogP contribution < -0.4 is 5.32 Å². The van der Waals surface area contributed by atoms with Crippen LogP contribution in [0.15, 0.2) is 41.8 Å². The quantitative estimate of drug-likeness (QED) is 0.834. The van der Waals surface area contributed by atoms with Gasteiger partial charge < -0.3 is 10.4 Å². The van der Waals surface area contributed by atoms with Gasteiger partial charge in [0.2, 0.25) is 0 Å². The SMILES string of the molecule is CC(O)CC(CNC1CCCc2sccc21)c1ccccc1. The number of hydrogen-bond acceptors (Lipinski definition) is 3. The largest absolute Gasteiger partial charge is 0.393 e. The van der Waals surface area contributed by atoms with Gasteiger partial charge in [-0.15, -0.1) is 11.3 Å². The van der Waals surface area contributed by atoms with Gasteiger partial charge in [0.1, 0.15) is 0 Å². The summed E-state index contributed by atoms with van der Waals surface area (Å²) in [5.41, 5.74) is 2.82. The Kier molecular flexibility index (Phi) is 5.29. The van der Waals surface area contributed by atoms with Gasteiger partial charge in [-0.05, 0) is 61.1 Å². The Balaban J connectivity index is 1.67. The minimum absolute atomic E-state index is 0.268. The van der Waals surface area contributed by atoms with Crippen molar-refractivity contribution in [2.75, 3.05) is 6.54 Å². The monoisotopic (exact) mass is 315 g/mol. The number of fused-ring (bicyclic) bond motifs is 1. The summed E-state index contributed by atoms with van der Waals surface area (Å²) in [6, 6.07) is 13.3. The Labute approximate surface area is 137 Å². The molecule has 1 aliphatic rings. The maximum atomic E-state index is 9.82. The highest BCUT2D eigenvalue weighted by molar-refractivity contribution is 7.10. The molecule has 0 radical (unpaired) electrons. The molecule has 22 heavy (non-hydrogen) atoms. The van der Waals surface area contributed by atoms with Crippen LogP contribution in [0.2, 0.25) is 0 Å². The second-order valence-electron chi connectivity index (χ2n) is 6.34. The Morgan fingerprint density at radius 2 is 2.09 bits per heavy atom. The average Bonchev–Trinajstić information content (AvgIpc) is 3.01. The molecule has 1 heterocycles. The number of thiophene rings is 1. The van der Waals surface area contributed by atoms with Gasteiger partial charge in [0, 0.05) is 17.5 Å². The summed E-state index contributed by atoms with van der Waals surface area (Å²) >= 11 is 1.89. The van der Waals surface area contributed by atoms with Crippen LogP contribution in [0, 0.1) is 0 Å². The summed E-state index contributed by atoms with van der Waals surface area (Å²) in [6.07, 6.45) is 4.27. The topological polar surface area (TPSA) is 32.3 Å². The third-order valence-electron chi connectivity index (χ3n) is 4.56. The first-order valence-electron chi connectivity index (χ1n) is 8.26. The zero-order valence-corrected chi connectivity index (χ0v) is 14.0. The Bertz CT molecular complexity index is 578. The van der Waals surface area contributed by atoms with E-state index in [1.54, 1.807) is 4.88 Å². The molecule has 0 saturated carbocycles. The lowest BCUT2D eigenvalue weighted by Gasteiger charge is -2.27. The molecule has 3 unspecified atom stereocenters. The molecule has 0 amide bonds. The van der Waals surface area contributed by atoms with Crippen LogP contribution in [0.1, 0.15) is 54.1 Å². The minimum Gasteiger partial charge on any atom is -0.393 e. The Morgan fingerprint density at radius 1 is 1.27 bits per heavy atom. The van der Waals surface area contributed by atoms with Crippen molar-refractivity contribution in [1.82, 2.24) is 5.32 Å². The van der Waals surface area contributed by atoms with E-state index in [0.717, 1.165) is 13.0 Å². The van der Waals surface area contributed by atoms with Crippen molar-refractivity contribution in [2.24, 2.45) is 0 Å². The van der Waals surface area contributed by atoms with Crippen LogP contribution in [-0.2, 0) is 6.42 Å². The Hall–Kier alpha value is -1.16.